The normalized spacial score (nSPS) is 13.2. The van der Waals surface area contributed by atoms with Crippen LogP contribution in [-0.4, -0.2) is 13.1 Å². The molecule has 8 heteroatoms. The van der Waals surface area contributed by atoms with Gasteiger partial charge in [0.1, 0.15) is 0 Å². The topological polar surface area (TPSA) is 26.3 Å². The molecule has 0 fully saturated rings. The summed E-state index contributed by atoms with van der Waals surface area (Å²) in [4.78, 5) is 11.1. The average Bonchev–Trinajstić information content (AvgIpc) is 2.69. The summed E-state index contributed by atoms with van der Waals surface area (Å²) in [5.41, 5.74) is -0.384. The van der Waals surface area contributed by atoms with Crippen molar-refractivity contribution in [3.8, 4) is 0 Å². The van der Waals surface area contributed by atoms with E-state index in [4.69, 9.17) is 0 Å². The van der Waals surface area contributed by atoms with E-state index in [0.29, 0.717) is 16.7 Å². The Morgan fingerprint density at radius 3 is 1.70 bits per heavy atom. The van der Waals surface area contributed by atoms with Gasteiger partial charge in [0.25, 0.3) is 0 Å². The van der Waals surface area contributed by atoms with Gasteiger partial charge in [-0.1, -0.05) is 42.5 Å². The molecule has 158 valence electrons. The Hall–Kier alpha value is -3.29. The number of allylic oxidation sites excluding steroid dienone is 4. The van der Waals surface area contributed by atoms with Crippen molar-refractivity contribution in [1.82, 2.24) is 0 Å². The molecule has 2 rings (SSSR count). The maximum absolute atomic E-state index is 12.8. The molecule has 0 bridgehead atoms. The molecule has 0 saturated heterocycles. The Balaban J connectivity index is 2.40. The van der Waals surface area contributed by atoms with E-state index in [-0.39, 0.29) is 0 Å². The lowest BCUT2D eigenvalue weighted by Crippen LogP contribution is -2.04. The SMILES string of the molecule is COC(=O)/C=C/C=C/C(=C/c1ccc(C(F)(F)F)cc1)c1ccc(C(F)(F)F)cc1. The number of benzene rings is 2. The highest BCUT2D eigenvalue weighted by Gasteiger charge is 2.30. The average molecular weight is 426 g/mol. The molecule has 0 aromatic heterocycles. The standard InChI is InChI=1S/C22H16F6O2/c1-30-20(29)5-3-2-4-17(16-8-12-19(13-9-16)22(26,27)28)14-15-6-10-18(11-7-15)21(23,24)25/h2-14H,1H3/b4-2+,5-3+,17-14-. The zero-order chi connectivity index (χ0) is 22.4. The van der Waals surface area contributed by atoms with Gasteiger partial charge < -0.3 is 4.74 Å². The predicted octanol–water partition coefficient (Wildman–Crippen LogP) is 6.55. The monoisotopic (exact) mass is 426 g/mol. The first-order valence-electron chi connectivity index (χ1n) is 8.50. The van der Waals surface area contributed by atoms with Crippen LogP contribution in [0.1, 0.15) is 22.3 Å². The third-order valence-electron chi connectivity index (χ3n) is 3.93. The minimum Gasteiger partial charge on any atom is -0.466 e. The zero-order valence-corrected chi connectivity index (χ0v) is 15.6. The Morgan fingerprint density at radius 1 is 0.767 bits per heavy atom. The summed E-state index contributed by atoms with van der Waals surface area (Å²) in [7, 11) is 1.20. The van der Waals surface area contributed by atoms with Crippen LogP contribution >= 0.6 is 0 Å². The number of rotatable bonds is 5. The van der Waals surface area contributed by atoms with Crippen LogP contribution < -0.4 is 0 Å². The van der Waals surface area contributed by atoms with Crippen molar-refractivity contribution >= 4 is 17.6 Å². The van der Waals surface area contributed by atoms with Crippen molar-refractivity contribution in [1.29, 1.82) is 0 Å². The van der Waals surface area contributed by atoms with Crippen LogP contribution in [0.15, 0.2) is 72.8 Å². The summed E-state index contributed by atoms with van der Waals surface area (Å²) in [6.07, 6.45) is -1.96. The molecule has 0 atom stereocenters. The lowest BCUT2D eigenvalue weighted by Gasteiger charge is -2.09. The van der Waals surface area contributed by atoms with Crippen LogP contribution in [0.2, 0.25) is 0 Å². The molecule has 0 radical (unpaired) electrons. The van der Waals surface area contributed by atoms with Crippen LogP contribution in [0.5, 0.6) is 0 Å². The third kappa shape index (κ3) is 6.65. The van der Waals surface area contributed by atoms with Crippen LogP contribution in [0.4, 0.5) is 26.3 Å². The second kappa shape index (κ2) is 9.47. The number of halogens is 6. The van der Waals surface area contributed by atoms with Gasteiger partial charge >= 0.3 is 18.3 Å². The number of carbonyl (C=O) groups excluding carboxylic acids is 1. The fourth-order valence-corrected chi connectivity index (χ4v) is 2.39. The van der Waals surface area contributed by atoms with Gasteiger partial charge in [-0.05, 0) is 47.0 Å². The highest BCUT2D eigenvalue weighted by atomic mass is 19.4. The Morgan fingerprint density at radius 2 is 1.23 bits per heavy atom. The molecule has 0 N–H and O–H groups in total. The molecule has 0 spiro atoms. The van der Waals surface area contributed by atoms with E-state index in [2.05, 4.69) is 4.74 Å². The van der Waals surface area contributed by atoms with Crippen LogP contribution in [0.25, 0.3) is 11.6 Å². The van der Waals surface area contributed by atoms with Crippen molar-refractivity contribution in [3.05, 3.63) is 95.1 Å². The molecule has 0 aliphatic rings. The molecule has 0 aliphatic heterocycles. The maximum Gasteiger partial charge on any atom is 0.416 e. The molecular formula is C22H16F6O2. The lowest BCUT2D eigenvalue weighted by atomic mass is 10.00. The van der Waals surface area contributed by atoms with Crippen LogP contribution in [-0.2, 0) is 21.9 Å². The molecule has 2 nitrogen and oxygen atoms in total. The van der Waals surface area contributed by atoms with Gasteiger partial charge in [0.05, 0.1) is 18.2 Å². The highest BCUT2D eigenvalue weighted by molar-refractivity contribution is 5.88. The molecule has 2 aromatic carbocycles. The molecule has 0 amide bonds. The van der Waals surface area contributed by atoms with E-state index in [1.165, 1.54) is 55.7 Å². The second-order valence-corrected chi connectivity index (χ2v) is 6.04. The fraction of sp³-hybridized carbons (Fsp3) is 0.136. The number of hydrogen-bond donors (Lipinski definition) is 0. The van der Waals surface area contributed by atoms with Crippen molar-refractivity contribution < 1.29 is 35.9 Å². The first-order chi connectivity index (χ1) is 14.0. The van der Waals surface area contributed by atoms with Gasteiger partial charge in [0.15, 0.2) is 0 Å². The van der Waals surface area contributed by atoms with E-state index >= 15 is 0 Å². The zero-order valence-electron chi connectivity index (χ0n) is 15.6. The molecule has 2 aromatic rings. The summed E-state index contributed by atoms with van der Waals surface area (Å²) in [5.74, 6) is -0.595. The smallest absolute Gasteiger partial charge is 0.416 e. The Bertz CT molecular complexity index is 947. The first-order valence-corrected chi connectivity index (χ1v) is 8.50. The summed E-state index contributed by atoms with van der Waals surface area (Å²) in [5, 5.41) is 0. The van der Waals surface area contributed by atoms with Crippen LogP contribution in [0, 0.1) is 0 Å². The van der Waals surface area contributed by atoms with Crippen molar-refractivity contribution in [3.63, 3.8) is 0 Å². The summed E-state index contributed by atoms with van der Waals surface area (Å²) >= 11 is 0. The van der Waals surface area contributed by atoms with Gasteiger partial charge in [-0.25, -0.2) is 4.79 Å². The summed E-state index contributed by atoms with van der Waals surface area (Å²) < 4.78 is 81.0. The Kier molecular flexibility index (Phi) is 7.26. The van der Waals surface area contributed by atoms with Gasteiger partial charge in [0.2, 0.25) is 0 Å². The third-order valence-corrected chi connectivity index (χ3v) is 3.93. The van der Waals surface area contributed by atoms with Gasteiger partial charge in [0, 0.05) is 6.08 Å². The van der Waals surface area contributed by atoms with Crippen molar-refractivity contribution in [2.45, 2.75) is 12.4 Å². The summed E-state index contributed by atoms with van der Waals surface area (Å²) in [6.45, 7) is 0. The minimum absolute atomic E-state index is 0.408. The van der Waals surface area contributed by atoms with E-state index in [0.717, 1.165) is 30.3 Å². The number of methoxy groups -OCH3 is 1. The van der Waals surface area contributed by atoms with Crippen LogP contribution in [0.3, 0.4) is 0 Å². The first kappa shape index (κ1) is 23.0. The number of esters is 1. The lowest BCUT2D eigenvalue weighted by molar-refractivity contribution is -0.138. The van der Waals surface area contributed by atoms with Gasteiger partial charge in [-0.2, -0.15) is 26.3 Å². The molecule has 0 aliphatic carbocycles. The highest BCUT2D eigenvalue weighted by Crippen LogP contribution is 2.32. The number of ether oxygens (including phenoxy) is 1. The summed E-state index contributed by atoms with van der Waals surface area (Å²) in [6, 6.07) is 8.67. The van der Waals surface area contributed by atoms with E-state index < -0.39 is 29.4 Å². The van der Waals surface area contributed by atoms with E-state index in [9.17, 15) is 31.1 Å². The largest absolute Gasteiger partial charge is 0.466 e. The minimum atomic E-state index is -4.49. The molecule has 0 heterocycles. The quantitative estimate of drug-likeness (QED) is 0.178. The van der Waals surface area contributed by atoms with Gasteiger partial charge in [-0.15, -0.1) is 0 Å². The molecular weight excluding hydrogens is 410 g/mol. The fourth-order valence-electron chi connectivity index (χ4n) is 2.39. The van der Waals surface area contributed by atoms with E-state index in [1.54, 1.807) is 0 Å². The number of alkyl halides is 6. The molecule has 0 unspecified atom stereocenters. The van der Waals surface area contributed by atoms with Crippen molar-refractivity contribution in [2.24, 2.45) is 0 Å². The Labute approximate surface area is 168 Å². The second-order valence-electron chi connectivity index (χ2n) is 6.04. The number of carbonyl (C=O) groups is 1. The molecule has 30 heavy (non-hydrogen) atoms. The predicted molar refractivity (Wildman–Crippen MR) is 101 cm³/mol. The van der Waals surface area contributed by atoms with Gasteiger partial charge in [-0.3, -0.25) is 0 Å². The maximum atomic E-state index is 12.8. The number of hydrogen-bond acceptors (Lipinski definition) is 2. The molecule has 0 saturated carbocycles. The van der Waals surface area contributed by atoms with Crippen molar-refractivity contribution in [2.75, 3.05) is 7.11 Å². The van der Waals surface area contributed by atoms with E-state index in [1.807, 2.05) is 0 Å².